The zero-order chi connectivity index (χ0) is 17.4. The van der Waals surface area contributed by atoms with Crippen molar-refractivity contribution in [2.24, 2.45) is 13.0 Å². The highest BCUT2D eigenvalue weighted by atomic mass is 35.5. The third kappa shape index (κ3) is 3.44. The summed E-state index contributed by atoms with van der Waals surface area (Å²) in [6.07, 6.45) is 4.12. The average Bonchev–Trinajstić information content (AvgIpc) is 3.39. The smallest absolute Gasteiger partial charge is 0.115 e. The van der Waals surface area contributed by atoms with E-state index in [9.17, 15) is 5.11 Å². The van der Waals surface area contributed by atoms with Crippen LogP contribution in [0.2, 0.25) is 5.02 Å². The molecule has 25 heavy (non-hydrogen) atoms. The van der Waals surface area contributed by atoms with E-state index >= 15 is 0 Å². The molecule has 1 fully saturated rings. The summed E-state index contributed by atoms with van der Waals surface area (Å²) in [5.41, 5.74) is 2.95. The number of aromatic nitrogens is 2. The van der Waals surface area contributed by atoms with Gasteiger partial charge in [-0.2, -0.15) is 0 Å². The van der Waals surface area contributed by atoms with Crippen molar-refractivity contribution in [1.29, 1.82) is 0 Å². The van der Waals surface area contributed by atoms with E-state index in [-0.39, 0.29) is 5.92 Å². The predicted molar refractivity (Wildman–Crippen MR) is 102 cm³/mol. The van der Waals surface area contributed by atoms with Crippen molar-refractivity contribution in [2.45, 2.75) is 37.7 Å². The van der Waals surface area contributed by atoms with Crippen molar-refractivity contribution < 1.29 is 5.11 Å². The number of aliphatic hydroxyl groups is 1. The SMILES string of the molecule is Cn1c([C@@H](CCC2CC2)[C@H](O)c2cccc(Cl)c2)nc2ccccc21. The largest absolute Gasteiger partial charge is 0.388 e. The van der Waals surface area contributed by atoms with Crippen LogP contribution >= 0.6 is 11.6 Å². The van der Waals surface area contributed by atoms with Crippen LogP contribution in [0.25, 0.3) is 11.0 Å². The lowest BCUT2D eigenvalue weighted by atomic mass is 9.90. The molecule has 0 bridgehead atoms. The number of nitrogens with zero attached hydrogens (tertiary/aromatic N) is 2. The summed E-state index contributed by atoms with van der Waals surface area (Å²) < 4.78 is 2.13. The van der Waals surface area contributed by atoms with Gasteiger partial charge in [-0.25, -0.2) is 4.98 Å². The highest BCUT2D eigenvalue weighted by Gasteiger charge is 2.30. The number of aliphatic hydroxyl groups excluding tert-OH is 1. The van der Waals surface area contributed by atoms with Gasteiger partial charge in [-0.3, -0.25) is 0 Å². The molecule has 0 amide bonds. The Balaban J connectivity index is 1.72. The molecular weight excluding hydrogens is 332 g/mol. The topological polar surface area (TPSA) is 38.0 Å². The molecule has 2 atom stereocenters. The number of imidazole rings is 1. The van der Waals surface area contributed by atoms with Crippen LogP contribution in [0.15, 0.2) is 48.5 Å². The van der Waals surface area contributed by atoms with E-state index in [0.717, 1.165) is 41.2 Å². The monoisotopic (exact) mass is 354 g/mol. The van der Waals surface area contributed by atoms with Crippen molar-refractivity contribution in [3.05, 3.63) is 64.9 Å². The first kappa shape index (κ1) is 16.6. The van der Waals surface area contributed by atoms with E-state index in [2.05, 4.69) is 10.6 Å². The van der Waals surface area contributed by atoms with Crippen molar-refractivity contribution in [1.82, 2.24) is 9.55 Å². The molecule has 3 nitrogen and oxygen atoms in total. The van der Waals surface area contributed by atoms with Gasteiger partial charge in [-0.15, -0.1) is 0 Å². The fourth-order valence-electron chi connectivity index (χ4n) is 3.67. The highest BCUT2D eigenvalue weighted by molar-refractivity contribution is 6.30. The Hall–Kier alpha value is -1.84. The van der Waals surface area contributed by atoms with Crippen LogP contribution in [0.4, 0.5) is 0 Å². The maximum atomic E-state index is 11.1. The fraction of sp³-hybridized carbons (Fsp3) is 0.381. The van der Waals surface area contributed by atoms with Crippen LogP contribution in [-0.2, 0) is 7.05 Å². The molecule has 1 aliphatic rings. The number of hydrogen-bond donors (Lipinski definition) is 1. The number of para-hydroxylation sites is 2. The molecular formula is C21H23ClN2O. The lowest BCUT2D eigenvalue weighted by Gasteiger charge is -2.23. The standard InChI is InChI=1S/C21H23ClN2O/c1-24-19-8-3-2-7-18(19)23-21(24)17(12-11-14-9-10-14)20(25)15-5-4-6-16(22)13-15/h2-8,13-14,17,20,25H,9-12H2,1H3/t17-,20+/m0/s1. The minimum Gasteiger partial charge on any atom is -0.388 e. The quantitative estimate of drug-likeness (QED) is 0.657. The molecule has 2 aromatic carbocycles. The molecule has 130 valence electrons. The maximum absolute atomic E-state index is 11.1. The molecule has 4 heteroatoms. The molecule has 0 unspecified atom stereocenters. The Labute approximate surface area is 153 Å². The number of hydrogen-bond acceptors (Lipinski definition) is 2. The van der Waals surface area contributed by atoms with Gasteiger partial charge in [-0.1, -0.05) is 48.7 Å². The molecule has 0 spiro atoms. The Kier molecular flexibility index (Phi) is 4.53. The first-order valence-electron chi connectivity index (χ1n) is 8.98. The van der Waals surface area contributed by atoms with Crippen molar-refractivity contribution in [3.8, 4) is 0 Å². The summed E-state index contributed by atoms with van der Waals surface area (Å²) in [4.78, 5) is 4.85. The molecule has 0 radical (unpaired) electrons. The van der Waals surface area contributed by atoms with Crippen LogP contribution in [0.1, 0.15) is 49.1 Å². The van der Waals surface area contributed by atoms with Gasteiger partial charge in [0.15, 0.2) is 0 Å². The molecule has 3 aromatic rings. The molecule has 0 aliphatic heterocycles. The summed E-state index contributed by atoms with van der Waals surface area (Å²) >= 11 is 6.14. The Morgan fingerprint density at radius 2 is 2.00 bits per heavy atom. The Bertz CT molecular complexity index is 884. The number of benzene rings is 2. The first-order valence-corrected chi connectivity index (χ1v) is 9.36. The Morgan fingerprint density at radius 1 is 1.20 bits per heavy atom. The van der Waals surface area contributed by atoms with Crippen molar-refractivity contribution in [2.75, 3.05) is 0 Å². The second kappa shape index (κ2) is 6.81. The van der Waals surface area contributed by atoms with E-state index in [1.54, 1.807) is 0 Å². The summed E-state index contributed by atoms with van der Waals surface area (Å²) in [7, 11) is 2.04. The molecule has 0 saturated heterocycles. The Morgan fingerprint density at radius 3 is 2.72 bits per heavy atom. The minimum absolute atomic E-state index is 0.0310. The number of aryl methyl sites for hydroxylation is 1. The zero-order valence-electron chi connectivity index (χ0n) is 14.4. The van der Waals surface area contributed by atoms with E-state index in [4.69, 9.17) is 16.6 Å². The van der Waals surface area contributed by atoms with Crippen molar-refractivity contribution in [3.63, 3.8) is 0 Å². The van der Waals surface area contributed by atoms with E-state index in [0.29, 0.717) is 5.02 Å². The zero-order valence-corrected chi connectivity index (χ0v) is 15.2. The molecule has 1 heterocycles. The van der Waals surface area contributed by atoms with Crippen LogP contribution in [-0.4, -0.2) is 14.7 Å². The molecule has 4 rings (SSSR count). The van der Waals surface area contributed by atoms with E-state index < -0.39 is 6.10 Å². The van der Waals surface area contributed by atoms with Gasteiger partial charge in [0.1, 0.15) is 5.82 Å². The molecule has 1 aliphatic carbocycles. The summed E-state index contributed by atoms with van der Waals surface area (Å²) in [6, 6.07) is 15.7. The third-order valence-electron chi connectivity index (χ3n) is 5.31. The summed E-state index contributed by atoms with van der Waals surface area (Å²) in [5.74, 6) is 1.74. The average molecular weight is 355 g/mol. The van der Waals surface area contributed by atoms with Gasteiger partial charge in [0, 0.05) is 18.0 Å². The molecule has 1 N–H and O–H groups in total. The third-order valence-corrected chi connectivity index (χ3v) is 5.54. The van der Waals surface area contributed by atoms with Crippen LogP contribution < -0.4 is 0 Å². The maximum Gasteiger partial charge on any atom is 0.115 e. The van der Waals surface area contributed by atoms with E-state index in [1.165, 1.54) is 12.8 Å². The van der Waals surface area contributed by atoms with Gasteiger partial charge in [-0.05, 0) is 48.6 Å². The van der Waals surface area contributed by atoms with Gasteiger partial charge < -0.3 is 9.67 Å². The summed E-state index contributed by atoms with van der Waals surface area (Å²) in [5, 5.41) is 11.8. The highest BCUT2D eigenvalue weighted by Crippen LogP contribution is 2.41. The molecule has 1 saturated carbocycles. The van der Waals surface area contributed by atoms with Crippen LogP contribution in [0.5, 0.6) is 0 Å². The van der Waals surface area contributed by atoms with Gasteiger partial charge in [0.2, 0.25) is 0 Å². The number of fused-ring (bicyclic) bond motifs is 1. The summed E-state index contributed by atoms with van der Waals surface area (Å²) in [6.45, 7) is 0. The van der Waals surface area contributed by atoms with Gasteiger partial charge >= 0.3 is 0 Å². The van der Waals surface area contributed by atoms with Crippen LogP contribution in [0, 0.1) is 5.92 Å². The fourth-order valence-corrected chi connectivity index (χ4v) is 3.87. The number of halogens is 1. The van der Waals surface area contributed by atoms with Crippen molar-refractivity contribution >= 4 is 22.6 Å². The lowest BCUT2D eigenvalue weighted by molar-refractivity contribution is 0.133. The normalized spacial score (nSPS) is 16.9. The van der Waals surface area contributed by atoms with E-state index in [1.807, 2.05) is 49.5 Å². The predicted octanol–water partition coefficient (Wildman–Crippen LogP) is 5.23. The lowest BCUT2D eigenvalue weighted by Crippen LogP contribution is -2.16. The number of rotatable bonds is 6. The second-order valence-corrected chi connectivity index (χ2v) is 7.58. The van der Waals surface area contributed by atoms with Crippen LogP contribution in [0.3, 0.4) is 0 Å². The molecule has 1 aromatic heterocycles. The van der Waals surface area contributed by atoms with Gasteiger partial charge in [0.25, 0.3) is 0 Å². The second-order valence-electron chi connectivity index (χ2n) is 7.14. The van der Waals surface area contributed by atoms with Gasteiger partial charge in [0.05, 0.1) is 17.1 Å². The first-order chi connectivity index (χ1) is 12.1. The minimum atomic E-state index is -0.604.